The van der Waals surface area contributed by atoms with Gasteiger partial charge < -0.3 is 39.0 Å². The van der Waals surface area contributed by atoms with Crippen LogP contribution in [0.15, 0.2) is 0 Å². The number of hydrogen-bond acceptors (Lipinski definition) is 12. The molecule has 0 radical (unpaired) electrons. The Morgan fingerprint density at radius 3 is 2.46 bits per heavy atom. The molecule has 5 saturated heterocycles. The van der Waals surface area contributed by atoms with Gasteiger partial charge in [0.05, 0.1) is 47.6 Å². The third-order valence-corrected chi connectivity index (χ3v) is 13.3. The van der Waals surface area contributed by atoms with Crippen LogP contribution in [0.3, 0.4) is 0 Å². The zero-order valence-corrected chi connectivity index (χ0v) is 23.5. The van der Waals surface area contributed by atoms with Gasteiger partial charge in [0.15, 0.2) is 22.6 Å². The van der Waals surface area contributed by atoms with Gasteiger partial charge in [-0.15, -0.1) is 0 Å². The first kappa shape index (κ1) is 26.7. The van der Waals surface area contributed by atoms with Gasteiger partial charge in [-0.3, -0.25) is 14.4 Å². The maximum absolute atomic E-state index is 15.0. The molecule has 8 rings (SSSR count). The molecule has 41 heavy (non-hydrogen) atoms. The largest absolute Gasteiger partial charge is 0.458 e. The molecule has 8 aliphatic rings. The Kier molecular flexibility index (Phi) is 4.69. The van der Waals surface area contributed by atoms with Gasteiger partial charge in [0, 0.05) is 26.4 Å². The quantitative estimate of drug-likeness (QED) is 0.344. The lowest BCUT2D eigenvalue weighted by atomic mass is 9.46. The summed E-state index contributed by atoms with van der Waals surface area (Å²) in [5.41, 5.74) is -10.3. The fourth-order valence-corrected chi connectivity index (χ4v) is 11.1. The summed E-state index contributed by atoms with van der Waals surface area (Å²) in [7, 11) is 1.46. The van der Waals surface area contributed by atoms with E-state index in [0.717, 1.165) is 0 Å². The molecule has 2 spiro atoms. The van der Waals surface area contributed by atoms with E-state index in [1.807, 2.05) is 0 Å². The summed E-state index contributed by atoms with van der Waals surface area (Å²) >= 11 is 0. The Bertz CT molecular complexity index is 1330. The molecule has 0 aromatic heterocycles. The number of fused-ring (bicyclic) bond motifs is 5. The first-order valence-electron chi connectivity index (χ1n) is 14.6. The summed E-state index contributed by atoms with van der Waals surface area (Å²) in [6.45, 7) is 4.69. The van der Waals surface area contributed by atoms with Gasteiger partial charge in [0.2, 0.25) is 5.79 Å². The number of carbonyl (C=O) groups excluding carboxylic acids is 4. The average molecular weight is 577 g/mol. The third-order valence-electron chi connectivity index (χ3n) is 13.3. The number of aliphatic hydroxyl groups is 3. The van der Waals surface area contributed by atoms with E-state index in [4.69, 9.17) is 23.7 Å². The number of methoxy groups -OCH3 is 1. The maximum atomic E-state index is 15.0. The van der Waals surface area contributed by atoms with Crippen molar-refractivity contribution < 1.29 is 58.2 Å². The Balaban J connectivity index is 1.40. The van der Waals surface area contributed by atoms with Crippen molar-refractivity contribution in [1.29, 1.82) is 0 Å². The number of ether oxygens (including phenoxy) is 5. The van der Waals surface area contributed by atoms with E-state index in [1.54, 1.807) is 13.8 Å². The fourth-order valence-electron chi connectivity index (χ4n) is 11.1. The van der Waals surface area contributed by atoms with Crippen molar-refractivity contribution in [2.75, 3.05) is 13.7 Å². The van der Waals surface area contributed by atoms with Gasteiger partial charge >= 0.3 is 11.9 Å². The smallest absolute Gasteiger partial charge is 0.342 e. The van der Waals surface area contributed by atoms with E-state index >= 15 is 0 Å². The van der Waals surface area contributed by atoms with E-state index < -0.39 is 98.7 Å². The van der Waals surface area contributed by atoms with Crippen LogP contribution in [0.4, 0.5) is 0 Å². The summed E-state index contributed by atoms with van der Waals surface area (Å²) in [4.78, 5) is 56.1. The lowest BCUT2D eigenvalue weighted by Gasteiger charge is -2.64. The number of ketones is 2. The molecule has 5 heterocycles. The molecule has 0 aromatic rings. The molecule has 14 atom stereocenters. The summed E-state index contributed by atoms with van der Waals surface area (Å²) in [6.07, 6.45) is -3.11. The number of Topliss-reactive ketones (excluding diaryl/α,β-unsaturated/α-hetero) is 2. The second kappa shape index (κ2) is 7.22. The van der Waals surface area contributed by atoms with Crippen molar-refractivity contribution in [3.8, 4) is 0 Å². The molecule has 0 aromatic carbocycles. The molecule has 3 saturated carbocycles. The SMILES string of the molecule is COC1CC(=O)[C@]2(C)[C@H]3CC[C@]4(O)C(=O)O[C@@]5(C)[C@H]6C[C@]7(C)[C@@H](CO[C@@]8(O[C@@]54[C@H]7C8=O)[C@@H]3C(O)C[C@@]2(O)C1)C(=O)O6. The molecule has 3 N–H and O–H groups in total. The van der Waals surface area contributed by atoms with Crippen molar-refractivity contribution in [2.45, 2.75) is 106 Å². The van der Waals surface area contributed by atoms with E-state index in [9.17, 15) is 34.5 Å². The van der Waals surface area contributed by atoms with Crippen LogP contribution in [0.25, 0.3) is 0 Å². The predicted molar refractivity (Wildman–Crippen MR) is 131 cm³/mol. The molecular formula is C29H36O12. The number of hydrogen-bond donors (Lipinski definition) is 3. The minimum absolute atomic E-state index is 0.00752. The zero-order valence-electron chi connectivity index (χ0n) is 23.5. The molecule has 12 nitrogen and oxygen atoms in total. The van der Waals surface area contributed by atoms with E-state index in [1.165, 1.54) is 14.0 Å². The fraction of sp³-hybridized carbons (Fsp3) is 0.862. The van der Waals surface area contributed by atoms with Crippen molar-refractivity contribution in [3.05, 3.63) is 0 Å². The summed E-state index contributed by atoms with van der Waals surface area (Å²) < 4.78 is 30.4. The molecule has 5 aliphatic heterocycles. The molecule has 5 bridgehead atoms. The van der Waals surface area contributed by atoms with Crippen LogP contribution in [-0.4, -0.2) is 99.0 Å². The minimum Gasteiger partial charge on any atom is -0.458 e. The second-order valence-corrected chi connectivity index (χ2v) is 14.5. The van der Waals surface area contributed by atoms with Gasteiger partial charge in [-0.2, -0.15) is 0 Å². The van der Waals surface area contributed by atoms with Gasteiger partial charge in [-0.05, 0) is 44.4 Å². The summed E-state index contributed by atoms with van der Waals surface area (Å²) in [5.74, 6) is -8.84. The molecule has 8 fully saturated rings. The van der Waals surface area contributed by atoms with Crippen molar-refractivity contribution in [2.24, 2.45) is 34.5 Å². The Hall–Kier alpha value is -1.96. The van der Waals surface area contributed by atoms with E-state index in [0.29, 0.717) is 0 Å². The number of aliphatic hydroxyl groups excluding tert-OH is 1. The minimum atomic E-state index is -2.35. The lowest BCUT2D eigenvalue weighted by molar-refractivity contribution is -0.386. The number of carbonyl (C=O) groups is 4. The molecule has 12 heteroatoms. The van der Waals surface area contributed by atoms with Gasteiger partial charge in [-0.25, -0.2) is 4.79 Å². The maximum Gasteiger partial charge on any atom is 0.342 e. The highest BCUT2D eigenvalue weighted by atomic mass is 16.8. The predicted octanol–water partition coefficient (Wildman–Crippen LogP) is -0.428. The Morgan fingerprint density at radius 1 is 1.02 bits per heavy atom. The van der Waals surface area contributed by atoms with Gasteiger partial charge in [-0.1, -0.05) is 6.92 Å². The Labute approximate surface area is 236 Å². The molecule has 224 valence electrons. The van der Waals surface area contributed by atoms with Crippen LogP contribution in [-0.2, 0) is 42.9 Å². The van der Waals surface area contributed by atoms with Crippen molar-refractivity contribution >= 4 is 23.5 Å². The van der Waals surface area contributed by atoms with Crippen LogP contribution in [0.2, 0.25) is 0 Å². The topological polar surface area (TPSA) is 175 Å². The van der Waals surface area contributed by atoms with E-state index in [-0.39, 0.29) is 50.9 Å². The third kappa shape index (κ3) is 2.41. The van der Waals surface area contributed by atoms with Crippen molar-refractivity contribution in [3.63, 3.8) is 0 Å². The van der Waals surface area contributed by atoms with Crippen LogP contribution in [0.1, 0.15) is 59.3 Å². The molecule has 0 amide bonds. The lowest BCUT2D eigenvalue weighted by Crippen LogP contribution is -2.79. The Morgan fingerprint density at radius 2 is 1.76 bits per heavy atom. The van der Waals surface area contributed by atoms with Gasteiger partial charge in [0.25, 0.3) is 0 Å². The first-order valence-corrected chi connectivity index (χ1v) is 14.6. The summed E-state index contributed by atoms with van der Waals surface area (Å²) in [5, 5.41) is 36.4. The second-order valence-electron chi connectivity index (χ2n) is 14.5. The highest BCUT2D eigenvalue weighted by Gasteiger charge is 2.93. The molecular weight excluding hydrogens is 540 g/mol. The first-order chi connectivity index (χ1) is 19.1. The van der Waals surface area contributed by atoms with E-state index in [2.05, 4.69) is 0 Å². The molecule has 2 unspecified atom stereocenters. The standard InChI is InChI=1S/C29H36O12/c1-23-10-17-25(3)29-19(23)20(32)28(41-29,38-11-14(23)21(33)39-17)18-13(5-6-27(29,36)22(34)40-25)24(2)16(31)7-12(37-4)8-26(24,35)9-15(18)30/h12-15,17-19,30,35-36H,5-11H2,1-4H3/t12?,13-,14-,15?,17+,18-,19-,23+,24-,25-,26-,27-,28+,29-/m0/s1. The number of esters is 2. The van der Waals surface area contributed by atoms with Gasteiger partial charge in [0.1, 0.15) is 11.9 Å². The summed E-state index contributed by atoms with van der Waals surface area (Å²) in [6, 6.07) is 0. The highest BCUT2D eigenvalue weighted by molar-refractivity contribution is 5.99. The monoisotopic (exact) mass is 576 g/mol. The highest BCUT2D eigenvalue weighted by Crippen LogP contribution is 2.75. The van der Waals surface area contributed by atoms with Crippen LogP contribution in [0, 0.1) is 34.5 Å². The van der Waals surface area contributed by atoms with Crippen molar-refractivity contribution in [1.82, 2.24) is 0 Å². The van der Waals surface area contributed by atoms with Crippen LogP contribution >= 0.6 is 0 Å². The zero-order chi connectivity index (χ0) is 29.3. The normalized spacial score (nSPS) is 61.8. The van der Waals surface area contributed by atoms with Crippen LogP contribution in [0.5, 0.6) is 0 Å². The molecule has 3 aliphatic carbocycles. The van der Waals surface area contributed by atoms with Crippen LogP contribution < -0.4 is 0 Å². The number of rotatable bonds is 1. The average Bonchev–Trinajstić information content (AvgIpc) is 3.21.